The molecule has 0 spiro atoms. The van der Waals surface area contributed by atoms with Gasteiger partial charge in [-0.15, -0.1) is 0 Å². The summed E-state index contributed by atoms with van der Waals surface area (Å²) in [7, 11) is 0. The van der Waals surface area contributed by atoms with Gasteiger partial charge in [0, 0.05) is 18.4 Å². The van der Waals surface area contributed by atoms with E-state index >= 15 is 0 Å². The third-order valence-electron chi connectivity index (χ3n) is 5.00. The normalized spacial score (nSPS) is 26.6. The average Bonchev–Trinajstić information content (AvgIpc) is 3.18. The number of likely N-dealkylation sites (tertiary alicyclic amines) is 1. The Morgan fingerprint density at radius 1 is 1.10 bits per heavy atom. The third-order valence-corrected chi connectivity index (χ3v) is 5.00. The molecular formula is C17H20N2O. The zero-order valence-corrected chi connectivity index (χ0v) is 11.7. The molecule has 1 aliphatic carbocycles. The number of aromatic nitrogens is 1. The van der Waals surface area contributed by atoms with E-state index in [0.29, 0.717) is 0 Å². The first-order chi connectivity index (χ1) is 9.88. The third kappa shape index (κ3) is 1.80. The molecule has 1 unspecified atom stereocenters. The van der Waals surface area contributed by atoms with E-state index < -0.39 is 0 Å². The summed E-state index contributed by atoms with van der Waals surface area (Å²) in [6.07, 6.45) is 7.74. The Bertz CT molecular complexity index is 586. The zero-order chi connectivity index (χ0) is 13.4. The Morgan fingerprint density at radius 2 is 1.90 bits per heavy atom. The highest BCUT2D eigenvalue weighted by Crippen LogP contribution is 2.42. The van der Waals surface area contributed by atoms with Gasteiger partial charge >= 0.3 is 0 Å². The predicted octanol–water partition coefficient (Wildman–Crippen LogP) is 3.15. The number of hydrogen-bond donors (Lipinski definition) is 0. The molecule has 2 aliphatic rings. The smallest absolute Gasteiger partial charge is 0.140 e. The van der Waals surface area contributed by atoms with E-state index in [1.54, 1.807) is 0 Å². The summed E-state index contributed by atoms with van der Waals surface area (Å²) in [5, 5.41) is 4.00. The molecule has 1 fully saturated rings. The Labute approximate surface area is 119 Å². The number of hydrogen-bond acceptors (Lipinski definition) is 3. The fourth-order valence-corrected chi connectivity index (χ4v) is 3.95. The van der Waals surface area contributed by atoms with Crippen molar-refractivity contribution in [3.05, 3.63) is 53.4 Å². The molecule has 3 heteroatoms. The van der Waals surface area contributed by atoms with Crippen LogP contribution in [-0.2, 0) is 18.4 Å². The van der Waals surface area contributed by atoms with Crippen molar-refractivity contribution >= 4 is 0 Å². The number of nitrogens with zero attached hydrogens (tertiary/aromatic N) is 2. The van der Waals surface area contributed by atoms with E-state index in [1.165, 1.54) is 37.1 Å². The van der Waals surface area contributed by atoms with Crippen LogP contribution < -0.4 is 0 Å². The van der Waals surface area contributed by atoms with Crippen LogP contribution in [0, 0.1) is 0 Å². The second-order valence-electron chi connectivity index (χ2n) is 6.04. The summed E-state index contributed by atoms with van der Waals surface area (Å²) in [5.41, 5.74) is 2.90. The first-order valence-corrected chi connectivity index (χ1v) is 7.61. The number of benzene rings is 1. The van der Waals surface area contributed by atoms with Crippen LogP contribution in [0.3, 0.4) is 0 Å². The Balaban J connectivity index is 1.78. The average molecular weight is 268 g/mol. The van der Waals surface area contributed by atoms with Crippen molar-refractivity contribution in [2.45, 2.75) is 37.6 Å². The van der Waals surface area contributed by atoms with Crippen LogP contribution in [0.25, 0.3) is 0 Å². The van der Waals surface area contributed by atoms with Gasteiger partial charge in [0.05, 0.1) is 11.7 Å². The van der Waals surface area contributed by atoms with Gasteiger partial charge in [0.1, 0.15) is 5.76 Å². The van der Waals surface area contributed by atoms with Crippen LogP contribution in [0.15, 0.2) is 41.1 Å². The van der Waals surface area contributed by atoms with Crippen molar-refractivity contribution in [2.24, 2.45) is 0 Å². The van der Waals surface area contributed by atoms with Crippen molar-refractivity contribution in [1.82, 2.24) is 10.1 Å². The van der Waals surface area contributed by atoms with E-state index in [4.69, 9.17) is 4.52 Å². The van der Waals surface area contributed by atoms with Gasteiger partial charge in [-0.05, 0) is 37.9 Å². The van der Waals surface area contributed by atoms with Gasteiger partial charge in [-0.3, -0.25) is 4.90 Å². The molecule has 2 heterocycles. The van der Waals surface area contributed by atoms with Gasteiger partial charge in [0.15, 0.2) is 0 Å². The van der Waals surface area contributed by atoms with Gasteiger partial charge in [-0.25, -0.2) is 0 Å². The highest BCUT2D eigenvalue weighted by molar-refractivity contribution is 5.32. The molecule has 1 aromatic carbocycles. The minimum atomic E-state index is 0.149. The van der Waals surface area contributed by atoms with Gasteiger partial charge in [-0.2, -0.15) is 0 Å². The van der Waals surface area contributed by atoms with Gasteiger partial charge in [-0.1, -0.05) is 35.5 Å². The maximum absolute atomic E-state index is 5.38. The molecule has 2 aromatic rings. The molecule has 1 saturated heterocycles. The summed E-state index contributed by atoms with van der Waals surface area (Å²) >= 11 is 0. The molecule has 0 amide bonds. The molecule has 20 heavy (non-hydrogen) atoms. The molecule has 0 N–H and O–H groups in total. The van der Waals surface area contributed by atoms with E-state index in [-0.39, 0.29) is 5.54 Å². The molecule has 0 saturated carbocycles. The van der Waals surface area contributed by atoms with Crippen molar-refractivity contribution in [1.29, 1.82) is 0 Å². The lowest BCUT2D eigenvalue weighted by Gasteiger charge is -2.44. The van der Waals surface area contributed by atoms with Gasteiger partial charge < -0.3 is 4.52 Å². The molecular weight excluding hydrogens is 248 g/mol. The molecule has 1 aliphatic heterocycles. The van der Waals surface area contributed by atoms with Crippen molar-refractivity contribution < 1.29 is 4.52 Å². The standard InChI is InChI=1S/C17H20N2O/c1-2-6-15(7-3-1)17(19-10-4-5-11-19)9-8-16-14(12-17)13-18-20-16/h1-3,6-7,13H,4-5,8-12H2. The second-order valence-corrected chi connectivity index (χ2v) is 6.04. The summed E-state index contributed by atoms with van der Waals surface area (Å²) in [6.45, 7) is 2.44. The van der Waals surface area contributed by atoms with Gasteiger partial charge in [0.25, 0.3) is 0 Å². The number of aryl methyl sites for hydroxylation is 1. The fraction of sp³-hybridized carbons (Fsp3) is 0.471. The van der Waals surface area contributed by atoms with E-state index in [2.05, 4.69) is 40.4 Å². The highest BCUT2D eigenvalue weighted by Gasteiger charge is 2.43. The molecule has 0 bridgehead atoms. The maximum atomic E-state index is 5.38. The summed E-state index contributed by atoms with van der Waals surface area (Å²) in [6, 6.07) is 11.0. The number of fused-ring (bicyclic) bond motifs is 1. The molecule has 1 aromatic heterocycles. The fourth-order valence-electron chi connectivity index (χ4n) is 3.95. The van der Waals surface area contributed by atoms with Crippen LogP contribution in [0.5, 0.6) is 0 Å². The van der Waals surface area contributed by atoms with E-state index in [9.17, 15) is 0 Å². The van der Waals surface area contributed by atoms with Crippen molar-refractivity contribution in [2.75, 3.05) is 13.1 Å². The van der Waals surface area contributed by atoms with Crippen LogP contribution in [-0.4, -0.2) is 23.1 Å². The van der Waals surface area contributed by atoms with Crippen LogP contribution >= 0.6 is 0 Å². The summed E-state index contributed by atoms with van der Waals surface area (Å²) in [5.74, 6) is 1.09. The zero-order valence-electron chi connectivity index (χ0n) is 11.7. The van der Waals surface area contributed by atoms with E-state index in [1.807, 2.05) is 6.20 Å². The summed E-state index contributed by atoms with van der Waals surface area (Å²) in [4.78, 5) is 2.69. The van der Waals surface area contributed by atoms with E-state index in [0.717, 1.165) is 25.0 Å². The molecule has 3 nitrogen and oxygen atoms in total. The lowest BCUT2D eigenvalue weighted by molar-refractivity contribution is 0.0929. The van der Waals surface area contributed by atoms with Crippen molar-refractivity contribution in [3.63, 3.8) is 0 Å². The second kappa shape index (κ2) is 4.74. The minimum absolute atomic E-state index is 0.149. The largest absolute Gasteiger partial charge is 0.361 e. The predicted molar refractivity (Wildman–Crippen MR) is 77.5 cm³/mol. The molecule has 0 radical (unpaired) electrons. The van der Waals surface area contributed by atoms with Crippen LogP contribution in [0.1, 0.15) is 36.1 Å². The maximum Gasteiger partial charge on any atom is 0.140 e. The highest BCUT2D eigenvalue weighted by atomic mass is 16.5. The molecule has 1 atom stereocenters. The Kier molecular flexibility index (Phi) is 2.88. The Hall–Kier alpha value is -1.61. The Morgan fingerprint density at radius 3 is 2.70 bits per heavy atom. The lowest BCUT2D eigenvalue weighted by atomic mass is 9.75. The molecule has 4 rings (SSSR count). The van der Waals surface area contributed by atoms with Crippen LogP contribution in [0.4, 0.5) is 0 Å². The quantitative estimate of drug-likeness (QED) is 0.838. The molecule has 104 valence electrons. The minimum Gasteiger partial charge on any atom is -0.361 e. The summed E-state index contributed by atoms with van der Waals surface area (Å²) < 4.78 is 5.38. The topological polar surface area (TPSA) is 29.3 Å². The lowest BCUT2D eigenvalue weighted by Crippen LogP contribution is -2.48. The van der Waals surface area contributed by atoms with Crippen LogP contribution in [0.2, 0.25) is 0 Å². The van der Waals surface area contributed by atoms with Crippen molar-refractivity contribution in [3.8, 4) is 0 Å². The SMILES string of the molecule is c1ccc(C2(N3CCCC3)CCc3oncc3C2)cc1. The number of rotatable bonds is 2. The first-order valence-electron chi connectivity index (χ1n) is 7.61. The monoisotopic (exact) mass is 268 g/mol. The van der Waals surface area contributed by atoms with Gasteiger partial charge in [0.2, 0.25) is 0 Å². The first kappa shape index (κ1) is 12.2.